The average Bonchev–Trinajstić information content (AvgIpc) is 2.96. The van der Waals surface area contributed by atoms with E-state index in [0.717, 1.165) is 11.6 Å². The zero-order valence-corrected chi connectivity index (χ0v) is 17.5. The highest BCUT2D eigenvalue weighted by Gasteiger charge is 2.37. The van der Waals surface area contributed by atoms with Crippen molar-refractivity contribution < 1.29 is 26.4 Å². The van der Waals surface area contributed by atoms with Gasteiger partial charge in [-0.25, -0.2) is 25.9 Å². The highest BCUT2D eigenvalue weighted by Crippen LogP contribution is 2.32. The lowest BCUT2D eigenvalue weighted by Crippen LogP contribution is -2.30. The first kappa shape index (κ1) is 21.3. The van der Waals surface area contributed by atoms with E-state index in [1.165, 1.54) is 12.1 Å². The van der Waals surface area contributed by atoms with Gasteiger partial charge in [0.1, 0.15) is 10.6 Å². The minimum atomic E-state index is -4.00. The third kappa shape index (κ3) is 4.77. The van der Waals surface area contributed by atoms with Gasteiger partial charge in [0, 0.05) is 13.0 Å². The zero-order valence-electron chi connectivity index (χ0n) is 15.9. The van der Waals surface area contributed by atoms with E-state index < -0.39 is 26.0 Å². The van der Waals surface area contributed by atoms with Crippen molar-refractivity contribution in [2.24, 2.45) is 0 Å². The summed E-state index contributed by atoms with van der Waals surface area (Å²) in [6, 6.07) is 13.3. The first-order valence-electron chi connectivity index (χ1n) is 9.11. The Hall–Kier alpha value is -2.43. The number of anilines is 1. The predicted octanol–water partition coefficient (Wildman–Crippen LogP) is 1.67. The molecule has 1 N–H and O–H groups in total. The fourth-order valence-corrected chi connectivity index (χ4v) is 5.67. The Morgan fingerprint density at radius 2 is 1.86 bits per heavy atom. The van der Waals surface area contributed by atoms with Gasteiger partial charge in [0.25, 0.3) is 0 Å². The van der Waals surface area contributed by atoms with Crippen LogP contribution in [0.15, 0.2) is 53.4 Å². The number of sulfonamides is 2. The number of carbonyl (C=O) groups is 1. The lowest BCUT2D eigenvalue weighted by Gasteiger charge is -2.18. The molecule has 0 radical (unpaired) electrons. The van der Waals surface area contributed by atoms with Crippen LogP contribution in [0, 0.1) is 0 Å². The lowest BCUT2D eigenvalue weighted by molar-refractivity contribution is -0.116. The van der Waals surface area contributed by atoms with Gasteiger partial charge in [0.05, 0.1) is 18.0 Å². The molecular weight excluding hydrogens is 416 g/mol. The summed E-state index contributed by atoms with van der Waals surface area (Å²) >= 11 is 0. The summed E-state index contributed by atoms with van der Waals surface area (Å²) in [6.07, 6.45) is 0.357. The van der Waals surface area contributed by atoms with E-state index in [4.69, 9.17) is 4.74 Å². The molecule has 0 aliphatic carbocycles. The molecule has 3 rings (SSSR count). The highest BCUT2D eigenvalue weighted by molar-refractivity contribution is 7.94. The lowest BCUT2D eigenvalue weighted by atomic mass is 10.2. The molecular formula is C19H22N2O6S2. The maximum Gasteiger partial charge on any atom is 0.244 e. The van der Waals surface area contributed by atoms with Gasteiger partial charge in [0.15, 0.2) is 0 Å². The smallest absolute Gasteiger partial charge is 0.244 e. The van der Waals surface area contributed by atoms with Crippen LogP contribution in [0.5, 0.6) is 5.75 Å². The van der Waals surface area contributed by atoms with Gasteiger partial charge in [-0.05, 0) is 37.1 Å². The molecule has 10 heteroatoms. The molecule has 1 aliphatic rings. The van der Waals surface area contributed by atoms with Crippen molar-refractivity contribution >= 4 is 31.6 Å². The monoisotopic (exact) mass is 438 g/mol. The number of amides is 1. The van der Waals surface area contributed by atoms with Gasteiger partial charge in [-0.1, -0.05) is 30.3 Å². The summed E-state index contributed by atoms with van der Waals surface area (Å²) in [6.45, 7) is 2.09. The molecule has 0 aromatic heterocycles. The number of benzene rings is 2. The Morgan fingerprint density at radius 3 is 2.48 bits per heavy atom. The third-order valence-corrected chi connectivity index (χ3v) is 7.55. The Labute approximate surface area is 170 Å². The second-order valence-corrected chi connectivity index (χ2v) is 10.1. The first-order chi connectivity index (χ1) is 13.7. The van der Waals surface area contributed by atoms with Crippen molar-refractivity contribution in [2.75, 3.05) is 23.2 Å². The van der Waals surface area contributed by atoms with E-state index in [9.17, 15) is 21.6 Å². The second kappa shape index (κ2) is 8.52. The maximum atomic E-state index is 12.9. The fourth-order valence-electron chi connectivity index (χ4n) is 3.03. The largest absolute Gasteiger partial charge is 0.492 e. The van der Waals surface area contributed by atoms with E-state index in [1.54, 1.807) is 6.92 Å². The zero-order chi connectivity index (χ0) is 21.1. The fraction of sp³-hybridized carbons (Fsp3) is 0.316. The van der Waals surface area contributed by atoms with Gasteiger partial charge in [-0.2, -0.15) is 0 Å². The minimum absolute atomic E-state index is 0.0145. The molecule has 1 amide bonds. The molecule has 8 nitrogen and oxygen atoms in total. The van der Waals surface area contributed by atoms with Crippen molar-refractivity contribution in [3.8, 4) is 5.75 Å². The molecule has 2 aromatic rings. The predicted molar refractivity (Wildman–Crippen MR) is 109 cm³/mol. The van der Waals surface area contributed by atoms with Gasteiger partial charge >= 0.3 is 0 Å². The van der Waals surface area contributed by atoms with Crippen molar-refractivity contribution in [1.29, 1.82) is 0 Å². The molecule has 0 saturated carbocycles. The summed E-state index contributed by atoms with van der Waals surface area (Å²) in [5.74, 6) is -0.793. The number of nitrogens with one attached hydrogen (secondary N) is 1. The van der Waals surface area contributed by atoms with Crippen LogP contribution in [0.25, 0.3) is 0 Å². The number of nitrogens with zero attached hydrogens (tertiary/aromatic N) is 1. The third-order valence-electron chi connectivity index (χ3n) is 4.38. The van der Waals surface area contributed by atoms with Gasteiger partial charge in [0.2, 0.25) is 26.0 Å². The number of rotatable bonds is 8. The Morgan fingerprint density at radius 1 is 1.14 bits per heavy atom. The van der Waals surface area contributed by atoms with Gasteiger partial charge < -0.3 is 4.74 Å². The quantitative estimate of drug-likeness (QED) is 0.671. The van der Waals surface area contributed by atoms with Crippen LogP contribution in [0.1, 0.15) is 18.9 Å². The van der Waals surface area contributed by atoms with Crippen LogP contribution < -0.4 is 13.8 Å². The molecule has 0 bridgehead atoms. The molecule has 1 fully saturated rings. The van der Waals surface area contributed by atoms with Crippen LogP contribution in [-0.2, 0) is 31.3 Å². The molecule has 1 heterocycles. The summed E-state index contributed by atoms with van der Waals surface area (Å²) in [5, 5.41) is 0. The molecule has 0 unspecified atom stereocenters. The number of hydrogen-bond donors (Lipinski definition) is 1. The average molecular weight is 439 g/mol. The second-order valence-electron chi connectivity index (χ2n) is 6.42. The van der Waals surface area contributed by atoms with Crippen molar-refractivity contribution in [3.63, 3.8) is 0 Å². The molecule has 2 aromatic carbocycles. The maximum absolute atomic E-state index is 12.9. The molecule has 1 saturated heterocycles. The van der Waals surface area contributed by atoms with Gasteiger partial charge in [-0.15, -0.1) is 0 Å². The van der Waals surface area contributed by atoms with Crippen molar-refractivity contribution in [1.82, 2.24) is 4.72 Å². The number of ether oxygens (including phenoxy) is 1. The van der Waals surface area contributed by atoms with Crippen molar-refractivity contribution in [3.05, 3.63) is 54.1 Å². The molecule has 29 heavy (non-hydrogen) atoms. The van der Waals surface area contributed by atoms with Crippen LogP contribution in [0.4, 0.5) is 5.69 Å². The van der Waals surface area contributed by atoms with E-state index >= 15 is 0 Å². The van der Waals surface area contributed by atoms with Crippen LogP contribution in [0.2, 0.25) is 0 Å². The van der Waals surface area contributed by atoms with E-state index in [2.05, 4.69) is 4.72 Å². The van der Waals surface area contributed by atoms with Crippen LogP contribution in [-0.4, -0.2) is 41.6 Å². The molecule has 0 spiro atoms. The molecule has 1 aliphatic heterocycles. The van der Waals surface area contributed by atoms with Crippen LogP contribution >= 0.6 is 0 Å². The number of hydrogen-bond acceptors (Lipinski definition) is 6. The van der Waals surface area contributed by atoms with E-state index in [1.807, 2.05) is 30.3 Å². The standard InChI is InChI=1S/C19H22N2O6S2/c1-2-27-17-9-8-16(21-19(22)11-13-28(21,23)24)14-18(17)29(25,26)20-12-10-15-6-4-3-5-7-15/h3-9,14,20H,2,10-13H2,1H3. The summed E-state index contributed by atoms with van der Waals surface area (Å²) in [4.78, 5) is 11.8. The summed E-state index contributed by atoms with van der Waals surface area (Å²) in [7, 11) is -7.80. The normalized spacial score (nSPS) is 16.2. The SMILES string of the molecule is CCOc1ccc(N2C(=O)CCS2(=O)=O)cc1S(=O)(=O)NCCc1ccccc1. The Bertz CT molecular complexity index is 1100. The number of carbonyl (C=O) groups excluding carboxylic acids is 1. The first-order valence-corrected chi connectivity index (χ1v) is 12.2. The minimum Gasteiger partial charge on any atom is -0.492 e. The Kier molecular flexibility index (Phi) is 6.25. The molecule has 156 valence electrons. The van der Waals surface area contributed by atoms with Crippen LogP contribution in [0.3, 0.4) is 0 Å². The van der Waals surface area contributed by atoms with E-state index in [0.29, 0.717) is 10.7 Å². The van der Waals surface area contributed by atoms with E-state index in [-0.39, 0.29) is 41.7 Å². The highest BCUT2D eigenvalue weighted by atomic mass is 32.2. The summed E-state index contributed by atoms with van der Waals surface area (Å²) in [5.41, 5.74) is 0.960. The Balaban J connectivity index is 1.90. The van der Waals surface area contributed by atoms with Gasteiger partial charge in [-0.3, -0.25) is 4.79 Å². The topological polar surface area (TPSA) is 110 Å². The summed E-state index contributed by atoms with van der Waals surface area (Å²) < 4.78 is 58.7. The molecule has 0 atom stereocenters. The van der Waals surface area contributed by atoms with Crippen molar-refractivity contribution in [2.45, 2.75) is 24.7 Å².